The molecule has 0 aliphatic carbocycles. The van der Waals surface area contributed by atoms with Crippen molar-refractivity contribution in [2.45, 2.75) is 0 Å². The fraction of sp³-hybridized carbons (Fsp3) is 0. The molecule has 5 heteroatoms. The quantitative estimate of drug-likeness (QED) is 0.839. The van der Waals surface area contributed by atoms with Crippen LogP contribution in [-0.4, -0.2) is 11.1 Å². The van der Waals surface area contributed by atoms with Crippen LogP contribution in [0.4, 0.5) is 4.79 Å². The van der Waals surface area contributed by atoms with Crippen LogP contribution in [0.15, 0.2) is 53.4 Å². The molecule has 1 aliphatic rings. The molecule has 0 saturated carbocycles. The first-order valence-electron chi connectivity index (χ1n) is 6.23. The topological polar surface area (TPSA) is 46.2 Å². The maximum atomic E-state index is 11.5. The molecular weight excluding hydrogens is 306 g/mol. The third-order valence-electron chi connectivity index (χ3n) is 3.03. The molecule has 104 valence electrons. The monoisotopic (exact) mass is 315 g/mol. The van der Waals surface area contributed by atoms with Gasteiger partial charge in [0.1, 0.15) is 0 Å². The minimum Gasteiger partial charge on any atom is -0.282 e. The van der Waals surface area contributed by atoms with E-state index in [0.29, 0.717) is 9.93 Å². The van der Waals surface area contributed by atoms with E-state index >= 15 is 0 Å². The van der Waals surface area contributed by atoms with Crippen molar-refractivity contribution in [1.29, 1.82) is 0 Å². The maximum Gasteiger partial charge on any atom is 0.290 e. The Morgan fingerprint density at radius 2 is 1.48 bits per heavy atom. The summed E-state index contributed by atoms with van der Waals surface area (Å²) in [6, 6.07) is 15.4. The average Bonchev–Trinajstić information content (AvgIpc) is 2.79. The van der Waals surface area contributed by atoms with Crippen molar-refractivity contribution < 1.29 is 9.59 Å². The van der Waals surface area contributed by atoms with E-state index in [2.05, 4.69) is 5.32 Å². The Hall–Kier alpha value is -2.04. The molecule has 2 aromatic carbocycles. The van der Waals surface area contributed by atoms with Gasteiger partial charge in [-0.15, -0.1) is 0 Å². The van der Waals surface area contributed by atoms with Gasteiger partial charge in [-0.05, 0) is 46.7 Å². The Balaban J connectivity index is 1.84. The number of amides is 2. The zero-order chi connectivity index (χ0) is 14.8. The van der Waals surface area contributed by atoms with Gasteiger partial charge in [-0.3, -0.25) is 14.9 Å². The fourth-order valence-electron chi connectivity index (χ4n) is 1.99. The number of hydrogen-bond donors (Lipinski definition) is 1. The molecule has 0 unspecified atom stereocenters. The smallest absolute Gasteiger partial charge is 0.282 e. The molecule has 1 fully saturated rings. The number of rotatable bonds is 2. The van der Waals surface area contributed by atoms with Crippen LogP contribution in [0, 0.1) is 0 Å². The molecule has 0 radical (unpaired) electrons. The highest BCUT2D eigenvalue weighted by Crippen LogP contribution is 2.27. The molecule has 3 rings (SSSR count). The summed E-state index contributed by atoms with van der Waals surface area (Å²) in [5.41, 5.74) is 3.01. The molecule has 21 heavy (non-hydrogen) atoms. The van der Waals surface area contributed by atoms with Crippen molar-refractivity contribution in [1.82, 2.24) is 5.32 Å². The Bertz CT molecular complexity index is 736. The highest BCUT2D eigenvalue weighted by molar-refractivity contribution is 8.18. The zero-order valence-corrected chi connectivity index (χ0v) is 12.4. The molecular formula is C16H10ClNO2S. The first kappa shape index (κ1) is 13.9. The van der Waals surface area contributed by atoms with E-state index < -0.39 is 0 Å². The Morgan fingerprint density at radius 1 is 0.905 bits per heavy atom. The summed E-state index contributed by atoms with van der Waals surface area (Å²) < 4.78 is 0. The predicted molar refractivity (Wildman–Crippen MR) is 86.0 cm³/mol. The first-order chi connectivity index (χ1) is 10.1. The molecule has 2 aromatic rings. The number of thioether (sulfide) groups is 1. The van der Waals surface area contributed by atoms with Gasteiger partial charge < -0.3 is 0 Å². The lowest BCUT2D eigenvalue weighted by molar-refractivity contribution is -0.115. The average molecular weight is 316 g/mol. The summed E-state index contributed by atoms with van der Waals surface area (Å²) in [5.74, 6) is -0.341. The van der Waals surface area contributed by atoms with Crippen LogP contribution in [0.3, 0.4) is 0 Å². The lowest BCUT2D eigenvalue weighted by Gasteiger charge is -2.03. The summed E-state index contributed by atoms with van der Waals surface area (Å²) in [6.45, 7) is 0. The van der Waals surface area contributed by atoms with Gasteiger partial charge in [-0.1, -0.05) is 48.0 Å². The number of benzene rings is 2. The fourth-order valence-corrected chi connectivity index (χ4v) is 2.79. The van der Waals surface area contributed by atoms with Gasteiger partial charge in [0.05, 0.1) is 4.91 Å². The van der Waals surface area contributed by atoms with Gasteiger partial charge in [0.2, 0.25) is 0 Å². The van der Waals surface area contributed by atoms with Crippen LogP contribution >= 0.6 is 23.4 Å². The van der Waals surface area contributed by atoms with Crippen molar-refractivity contribution in [3.63, 3.8) is 0 Å². The van der Waals surface area contributed by atoms with Crippen molar-refractivity contribution in [2.24, 2.45) is 0 Å². The molecule has 2 amide bonds. The minimum atomic E-state index is -0.341. The van der Waals surface area contributed by atoms with E-state index in [9.17, 15) is 9.59 Å². The second-order valence-corrected chi connectivity index (χ2v) is 5.93. The van der Waals surface area contributed by atoms with Crippen molar-refractivity contribution in [3.05, 3.63) is 64.0 Å². The van der Waals surface area contributed by atoms with Gasteiger partial charge in [-0.2, -0.15) is 0 Å². The number of imide groups is 1. The Morgan fingerprint density at radius 3 is 2.00 bits per heavy atom. The van der Waals surface area contributed by atoms with Crippen LogP contribution in [0.5, 0.6) is 0 Å². The van der Waals surface area contributed by atoms with Crippen LogP contribution in [-0.2, 0) is 4.79 Å². The second-order valence-electron chi connectivity index (χ2n) is 4.48. The van der Waals surface area contributed by atoms with Gasteiger partial charge in [0, 0.05) is 5.02 Å². The van der Waals surface area contributed by atoms with Crippen LogP contribution < -0.4 is 5.32 Å². The summed E-state index contributed by atoms with van der Waals surface area (Å²) in [4.78, 5) is 23.0. The van der Waals surface area contributed by atoms with Gasteiger partial charge in [-0.25, -0.2) is 0 Å². The lowest BCUT2D eigenvalue weighted by atomic mass is 10.0. The number of carbonyl (C=O) groups is 2. The maximum absolute atomic E-state index is 11.5. The molecule has 1 saturated heterocycles. The third kappa shape index (κ3) is 3.17. The normalized spacial score (nSPS) is 16.3. The zero-order valence-electron chi connectivity index (χ0n) is 10.8. The molecule has 3 nitrogen and oxygen atoms in total. The van der Waals surface area contributed by atoms with E-state index in [-0.39, 0.29) is 11.1 Å². The van der Waals surface area contributed by atoms with E-state index in [0.717, 1.165) is 28.5 Å². The van der Waals surface area contributed by atoms with Crippen LogP contribution in [0.25, 0.3) is 17.2 Å². The van der Waals surface area contributed by atoms with E-state index in [4.69, 9.17) is 11.6 Å². The van der Waals surface area contributed by atoms with Crippen LogP contribution in [0.1, 0.15) is 5.56 Å². The van der Waals surface area contributed by atoms with Crippen molar-refractivity contribution in [3.8, 4) is 11.1 Å². The van der Waals surface area contributed by atoms with Crippen LogP contribution in [0.2, 0.25) is 5.02 Å². The minimum absolute atomic E-state index is 0.330. The highest BCUT2D eigenvalue weighted by Gasteiger charge is 2.24. The first-order valence-corrected chi connectivity index (χ1v) is 7.42. The summed E-state index contributed by atoms with van der Waals surface area (Å²) >= 11 is 6.79. The second kappa shape index (κ2) is 5.76. The summed E-state index contributed by atoms with van der Waals surface area (Å²) in [7, 11) is 0. The standard InChI is InChI=1S/C16H10ClNO2S/c17-13-7-5-12(6-8-13)11-3-1-10(2-4-11)9-14-15(19)18-16(20)21-14/h1-9H,(H,18,19,20)/b14-9-. The molecule has 0 aromatic heterocycles. The number of nitrogens with one attached hydrogen (secondary N) is 1. The highest BCUT2D eigenvalue weighted by atomic mass is 35.5. The van der Waals surface area contributed by atoms with E-state index in [1.807, 2.05) is 48.5 Å². The van der Waals surface area contributed by atoms with Crippen molar-refractivity contribution in [2.75, 3.05) is 0 Å². The predicted octanol–water partition coefficient (Wildman–Crippen LogP) is 4.33. The number of halogens is 1. The molecule has 1 N–H and O–H groups in total. The van der Waals surface area contributed by atoms with Gasteiger partial charge >= 0.3 is 0 Å². The lowest BCUT2D eigenvalue weighted by Crippen LogP contribution is -2.17. The summed E-state index contributed by atoms with van der Waals surface area (Å²) in [5, 5.41) is 2.61. The third-order valence-corrected chi connectivity index (χ3v) is 4.09. The Kier molecular flexibility index (Phi) is 3.82. The van der Waals surface area contributed by atoms with E-state index in [1.54, 1.807) is 6.08 Å². The molecule has 0 atom stereocenters. The molecule has 0 spiro atoms. The SMILES string of the molecule is O=C1NC(=O)/C(=C/c2ccc(-c3ccc(Cl)cc3)cc2)S1. The van der Waals surface area contributed by atoms with Crippen molar-refractivity contribution >= 4 is 40.6 Å². The largest absolute Gasteiger partial charge is 0.290 e. The van der Waals surface area contributed by atoms with E-state index in [1.165, 1.54) is 0 Å². The van der Waals surface area contributed by atoms with Gasteiger partial charge in [0.25, 0.3) is 11.1 Å². The molecule has 1 heterocycles. The molecule has 1 aliphatic heterocycles. The van der Waals surface area contributed by atoms with Gasteiger partial charge in [0.15, 0.2) is 0 Å². The number of hydrogen-bond acceptors (Lipinski definition) is 3. The summed E-state index contributed by atoms with van der Waals surface area (Å²) in [6.07, 6.45) is 1.70. The Labute approximate surface area is 131 Å². The molecule has 0 bridgehead atoms. The number of carbonyl (C=O) groups excluding carboxylic acids is 2.